The Hall–Kier alpha value is -0.590. The van der Waals surface area contributed by atoms with Crippen LogP contribution in [0.3, 0.4) is 0 Å². The van der Waals surface area contributed by atoms with E-state index in [-0.39, 0.29) is 5.92 Å². The summed E-state index contributed by atoms with van der Waals surface area (Å²) in [4.78, 5) is 0. The largest absolute Gasteiger partial charge is 0.391 e. The minimum Gasteiger partial charge on any atom is -0.391 e. The van der Waals surface area contributed by atoms with Gasteiger partial charge < -0.3 is 9.84 Å². The van der Waals surface area contributed by atoms with E-state index >= 15 is 0 Å². The molecule has 1 fully saturated rings. The number of hydrogen-bond acceptors (Lipinski definition) is 3. The Morgan fingerprint density at radius 1 is 1.47 bits per heavy atom. The van der Waals surface area contributed by atoms with Crippen molar-refractivity contribution < 1.29 is 9.84 Å². The van der Waals surface area contributed by atoms with Gasteiger partial charge in [-0.3, -0.25) is 0 Å². The summed E-state index contributed by atoms with van der Waals surface area (Å²) >= 11 is 0. The molecule has 0 aromatic rings. The van der Waals surface area contributed by atoms with Gasteiger partial charge in [0.25, 0.3) is 0 Å². The van der Waals surface area contributed by atoms with Gasteiger partial charge >= 0.3 is 0 Å². The van der Waals surface area contributed by atoms with Gasteiger partial charge in [0.15, 0.2) is 0 Å². The lowest BCUT2D eigenvalue weighted by Gasteiger charge is -2.40. The van der Waals surface area contributed by atoms with Gasteiger partial charge in [-0.05, 0) is 31.6 Å². The Balaban J connectivity index is 2.67. The molecular formula is C14H25NO2. The molecule has 1 aliphatic rings. The van der Waals surface area contributed by atoms with Crippen molar-refractivity contribution in [2.45, 2.75) is 52.1 Å². The molecule has 0 aliphatic heterocycles. The highest BCUT2D eigenvalue weighted by Crippen LogP contribution is 2.43. The van der Waals surface area contributed by atoms with Crippen LogP contribution in [0.5, 0.6) is 0 Å². The molecule has 0 aromatic carbocycles. The highest BCUT2D eigenvalue weighted by molar-refractivity contribution is 5.06. The van der Waals surface area contributed by atoms with Gasteiger partial charge in [-0.25, -0.2) is 0 Å². The monoisotopic (exact) mass is 239 g/mol. The standard InChI is InChI=1S/C14H25NO2/c1-4-12-5-7-14(10-15,8-6-12)13(16)11(2)9-17-3/h11-13,16H,4-9H2,1-3H3. The zero-order valence-corrected chi connectivity index (χ0v) is 11.3. The molecular weight excluding hydrogens is 214 g/mol. The number of aliphatic hydroxyl groups is 1. The maximum atomic E-state index is 10.4. The van der Waals surface area contributed by atoms with Crippen LogP contribution in [0.4, 0.5) is 0 Å². The van der Waals surface area contributed by atoms with Crippen LogP contribution in [0.25, 0.3) is 0 Å². The predicted octanol–water partition coefficient (Wildman–Crippen LogP) is 2.74. The van der Waals surface area contributed by atoms with Crippen molar-refractivity contribution in [2.24, 2.45) is 17.3 Å². The third-order valence-corrected chi connectivity index (χ3v) is 4.33. The van der Waals surface area contributed by atoms with E-state index in [4.69, 9.17) is 4.74 Å². The van der Waals surface area contributed by atoms with Crippen LogP contribution >= 0.6 is 0 Å². The van der Waals surface area contributed by atoms with Crippen molar-refractivity contribution in [1.82, 2.24) is 0 Å². The molecule has 0 bridgehead atoms. The van der Waals surface area contributed by atoms with Crippen LogP contribution in [0.2, 0.25) is 0 Å². The van der Waals surface area contributed by atoms with Crippen LogP contribution < -0.4 is 0 Å². The molecule has 0 radical (unpaired) electrons. The third-order valence-electron chi connectivity index (χ3n) is 4.33. The molecule has 3 nitrogen and oxygen atoms in total. The zero-order valence-electron chi connectivity index (χ0n) is 11.3. The Bertz CT molecular complexity index is 264. The van der Waals surface area contributed by atoms with Crippen LogP contribution in [0.15, 0.2) is 0 Å². The van der Waals surface area contributed by atoms with E-state index < -0.39 is 11.5 Å². The van der Waals surface area contributed by atoms with E-state index in [1.54, 1.807) is 7.11 Å². The SMILES string of the molecule is CCC1CCC(C#N)(C(O)C(C)COC)CC1. The normalized spacial score (nSPS) is 32.8. The fourth-order valence-electron chi connectivity index (χ4n) is 2.97. The number of rotatable bonds is 5. The van der Waals surface area contributed by atoms with Gasteiger partial charge in [0, 0.05) is 13.0 Å². The second-order valence-electron chi connectivity index (χ2n) is 5.50. The number of methoxy groups -OCH3 is 1. The van der Waals surface area contributed by atoms with E-state index in [1.807, 2.05) is 6.92 Å². The van der Waals surface area contributed by atoms with Gasteiger partial charge in [0.1, 0.15) is 0 Å². The molecule has 0 heterocycles. The molecule has 1 aliphatic carbocycles. The quantitative estimate of drug-likeness (QED) is 0.802. The summed E-state index contributed by atoms with van der Waals surface area (Å²) in [5.41, 5.74) is -0.538. The average molecular weight is 239 g/mol. The van der Waals surface area contributed by atoms with E-state index in [1.165, 1.54) is 6.42 Å². The van der Waals surface area contributed by atoms with E-state index in [0.717, 1.165) is 31.6 Å². The van der Waals surface area contributed by atoms with Crippen LogP contribution in [0.1, 0.15) is 46.0 Å². The van der Waals surface area contributed by atoms with Crippen LogP contribution in [-0.2, 0) is 4.74 Å². The molecule has 1 saturated carbocycles. The Morgan fingerprint density at radius 3 is 2.47 bits per heavy atom. The van der Waals surface area contributed by atoms with E-state index in [0.29, 0.717) is 6.61 Å². The molecule has 17 heavy (non-hydrogen) atoms. The first-order valence-corrected chi connectivity index (χ1v) is 6.68. The maximum absolute atomic E-state index is 10.4. The van der Waals surface area contributed by atoms with Crippen molar-refractivity contribution in [3.8, 4) is 6.07 Å². The fourth-order valence-corrected chi connectivity index (χ4v) is 2.97. The fraction of sp³-hybridized carbons (Fsp3) is 0.929. The van der Waals surface area contributed by atoms with Crippen molar-refractivity contribution in [1.29, 1.82) is 5.26 Å². The molecule has 0 spiro atoms. The van der Waals surface area contributed by atoms with E-state index in [2.05, 4.69) is 13.0 Å². The topological polar surface area (TPSA) is 53.2 Å². The molecule has 2 unspecified atom stereocenters. The van der Waals surface area contributed by atoms with Crippen molar-refractivity contribution in [3.63, 3.8) is 0 Å². The van der Waals surface area contributed by atoms with Crippen molar-refractivity contribution in [2.75, 3.05) is 13.7 Å². The summed E-state index contributed by atoms with van der Waals surface area (Å²) in [5, 5.41) is 19.8. The smallest absolute Gasteiger partial charge is 0.0836 e. The number of nitrogens with zero attached hydrogens (tertiary/aromatic N) is 1. The number of ether oxygens (including phenoxy) is 1. The lowest BCUT2D eigenvalue weighted by atomic mass is 9.65. The Labute approximate surface area is 105 Å². The minimum absolute atomic E-state index is 0.0258. The predicted molar refractivity (Wildman–Crippen MR) is 67.3 cm³/mol. The first kappa shape index (κ1) is 14.5. The van der Waals surface area contributed by atoms with Crippen LogP contribution in [-0.4, -0.2) is 24.9 Å². The molecule has 98 valence electrons. The second-order valence-corrected chi connectivity index (χ2v) is 5.50. The maximum Gasteiger partial charge on any atom is 0.0836 e. The first-order chi connectivity index (χ1) is 8.09. The highest BCUT2D eigenvalue weighted by Gasteiger charge is 2.43. The minimum atomic E-state index is -0.565. The number of hydrogen-bond donors (Lipinski definition) is 1. The van der Waals surface area contributed by atoms with Gasteiger partial charge in [0.05, 0.1) is 24.2 Å². The molecule has 2 atom stereocenters. The van der Waals surface area contributed by atoms with Gasteiger partial charge in [-0.1, -0.05) is 20.3 Å². The summed E-state index contributed by atoms with van der Waals surface area (Å²) in [7, 11) is 1.64. The summed E-state index contributed by atoms with van der Waals surface area (Å²) in [5.74, 6) is 0.763. The van der Waals surface area contributed by atoms with Gasteiger partial charge in [-0.2, -0.15) is 5.26 Å². The first-order valence-electron chi connectivity index (χ1n) is 6.68. The summed E-state index contributed by atoms with van der Waals surface area (Å²) < 4.78 is 5.08. The van der Waals surface area contributed by atoms with Crippen molar-refractivity contribution in [3.05, 3.63) is 0 Å². The number of nitriles is 1. The lowest BCUT2D eigenvalue weighted by Crippen LogP contribution is -2.42. The Morgan fingerprint density at radius 2 is 2.06 bits per heavy atom. The lowest BCUT2D eigenvalue weighted by molar-refractivity contribution is -0.0322. The second kappa shape index (κ2) is 6.37. The average Bonchev–Trinajstić information content (AvgIpc) is 2.38. The molecule has 0 amide bonds. The van der Waals surface area contributed by atoms with Gasteiger partial charge in [0.2, 0.25) is 0 Å². The summed E-state index contributed by atoms with van der Waals surface area (Å²) in [6, 6.07) is 2.40. The highest BCUT2D eigenvalue weighted by atomic mass is 16.5. The van der Waals surface area contributed by atoms with Crippen molar-refractivity contribution >= 4 is 0 Å². The van der Waals surface area contributed by atoms with Gasteiger partial charge in [-0.15, -0.1) is 0 Å². The molecule has 1 rings (SSSR count). The summed E-state index contributed by atoms with van der Waals surface area (Å²) in [6.45, 7) is 4.68. The molecule has 1 N–H and O–H groups in total. The molecule has 3 heteroatoms. The van der Waals surface area contributed by atoms with Crippen LogP contribution in [0, 0.1) is 28.6 Å². The number of aliphatic hydroxyl groups excluding tert-OH is 1. The molecule has 0 aromatic heterocycles. The van der Waals surface area contributed by atoms with E-state index in [9.17, 15) is 10.4 Å². The summed E-state index contributed by atoms with van der Waals surface area (Å²) in [6.07, 6.45) is 4.42. The Kier molecular flexibility index (Phi) is 5.42. The molecule has 0 saturated heterocycles. The zero-order chi connectivity index (χ0) is 12.9. The third kappa shape index (κ3) is 3.20.